The third kappa shape index (κ3) is 2.17. The highest BCUT2D eigenvalue weighted by molar-refractivity contribution is 5.77. The molecule has 0 aromatic heterocycles. The van der Waals surface area contributed by atoms with Gasteiger partial charge in [-0.05, 0) is 39.0 Å². The number of amides is 1. The van der Waals surface area contributed by atoms with E-state index < -0.39 is 0 Å². The molecule has 2 rings (SSSR count). The fourth-order valence-corrected chi connectivity index (χ4v) is 2.79. The van der Waals surface area contributed by atoms with Crippen molar-refractivity contribution in [3.63, 3.8) is 0 Å². The minimum absolute atomic E-state index is 0.0275. The molecule has 0 spiro atoms. The molecule has 1 unspecified atom stereocenters. The summed E-state index contributed by atoms with van der Waals surface area (Å²) in [6.45, 7) is 5.00. The van der Waals surface area contributed by atoms with E-state index in [-0.39, 0.29) is 11.6 Å². The topological polar surface area (TPSA) is 46.3 Å². The molecule has 1 heterocycles. The highest BCUT2D eigenvalue weighted by atomic mass is 16.2. The first kappa shape index (κ1) is 10.9. The SMILES string of the molecule is CC1(C)CC(N)CN1C(=O)CC1CCC1. The fourth-order valence-electron chi connectivity index (χ4n) is 2.79. The normalized spacial score (nSPS) is 30.3. The molecule has 1 aliphatic carbocycles. The predicted octanol–water partition coefficient (Wildman–Crippen LogP) is 1.51. The van der Waals surface area contributed by atoms with Crippen LogP contribution in [-0.4, -0.2) is 28.9 Å². The molecule has 86 valence electrons. The highest BCUT2D eigenvalue weighted by Crippen LogP contribution is 2.33. The summed E-state index contributed by atoms with van der Waals surface area (Å²) >= 11 is 0. The molecule has 3 heteroatoms. The van der Waals surface area contributed by atoms with Crippen LogP contribution in [0.15, 0.2) is 0 Å². The fraction of sp³-hybridized carbons (Fsp3) is 0.917. The molecule has 0 bridgehead atoms. The minimum atomic E-state index is -0.0275. The Kier molecular flexibility index (Phi) is 2.75. The number of hydrogen-bond acceptors (Lipinski definition) is 2. The van der Waals surface area contributed by atoms with Gasteiger partial charge in [-0.2, -0.15) is 0 Å². The Labute approximate surface area is 92.0 Å². The average molecular weight is 210 g/mol. The Hall–Kier alpha value is -0.570. The summed E-state index contributed by atoms with van der Waals surface area (Å²) in [5.41, 5.74) is 5.89. The van der Waals surface area contributed by atoms with Crippen LogP contribution in [0.5, 0.6) is 0 Å². The maximum atomic E-state index is 12.1. The van der Waals surface area contributed by atoms with Crippen molar-refractivity contribution in [2.45, 2.75) is 57.5 Å². The molecule has 2 fully saturated rings. The molecule has 1 aliphatic heterocycles. The number of carbonyl (C=O) groups excluding carboxylic acids is 1. The third-order valence-electron chi connectivity index (χ3n) is 3.90. The molecule has 3 nitrogen and oxygen atoms in total. The number of nitrogens with two attached hydrogens (primary N) is 1. The van der Waals surface area contributed by atoms with Crippen molar-refractivity contribution in [2.24, 2.45) is 11.7 Å². The Morgan fingerprint density at radius 2 is 2.13 bits per heavy atom. The second-order valence-corrected chi connectivity index (χ2v) is 5.78. The van der Waals surface area contributed by atoms with Crippen LogP contribution in [0.3, 0.4) is 0 Å². The van der Waals surface area contributed by atoms with E-state index in [4.69, 9.17) is 5.73 Å². The molecule has 1 saturated heterocycles. The lowest BCUT2D eigenvalue weighted by atomic mass is 9.82. The van der Waals surface area contributed by atoms with Gasteiger partial charge in [0.15, 0.2) is 0 Å². The molecular weight excluding hydrogens is 188 g/mol. The lowest BCUT2D eigenvalue weighted by Gasteiger charge is -2.34. The van der Waals surface area contributed by atoms with Crippen LogP contribution in [0.4, 0.5) is 0 Å². The number of likely N-dealkylation sites (tertiary alicyclic amines) is 1. The molecule has 1 atom stereocenters. The predicted molar refractivity (Wildman–Crippen MR) is 60.3 cm³/mol. The van der Waals surface area contributed by atoms with Crippen LogP contribution in [0.2, 0.25) is 0 Å². The van der Waals surface area contributed by atoms with Crippen LogP contribution in [-0.2, 0) is 4.79 Å². The van der Waals surface area contributed by atoms with Crippen molar-refractivity contribution in [3.05, 3.63) is 0 Å². The lowest BCUT2D eigenvalue weighted by molar-refractivity contribution is -0.136. The Bertz CT molecular complexity index is 258. The standard InChI is InChI=1S/C12H22N2O/c1-12(2)7-10(13)8-14(12)11(15)6-9-4-3-5-9/h9-10H,3-8,13H2,1-2H3. The number of carbonyl (C=O) groups is 1. The second kappa shape index (κ2) is 3.78. The quantitative estimate of drug-likeness (QED) is 0.751. The van der Waals surface area contributed by atoms with Gasteiger partial charge in [-0.3, -0.25) is 4.79 Å². The molecule has 1 saturated carbocycles. The zero-order chi connectivity index (χ0) is 11.1. The average Bonchev–Trinajstić information content (AvgIpc) is 2.31. The summed E-state index contributed by atoms with van der Waals surface area (Å²) in [6, 6.07) is 0.172. The van der Waals surface area contributed by atoms with Crippen LogP contribution >= 0.6 is 0 Å². The van der Waals surface area contributed by atoms with E-state index in [1.54, 1.807) is 0 Å². The second-order valence-electron chi connectivity index (χ2n) is 5.78. The number of hydrogen-bond donors (Lipinski definition) is 1. The van der Waals surface area contributed by atoms with Gasteiger partial charge in [-0.25, -0.2) is 0 Å². The van der Waals surface area contributed by atoms with Crippen molar-refractivity contribution < 1.29 is 4.79 Å². The third-order valence-corrected chi connectivity index (χ3v) is 3.90. The van der Waals surface area contributed by atoms with E-state index in [0.717, 1.165) is 19.4 Å². The first-order valence-corrected chi connectivity index (χ1v) is 6.05. The van der Waals surface area contributed by atoms with Gasteiger partial charge in [0.25, 0.3) is 0 Å². The molecule has 2 N–H and O–H groups in total. The summed E-state index contributed by atoms with van der Waals surface area (Å²) in [7, 11) is 0. The van der Waals surface area contributed by atoms with Crippen molar-refractivity contribution in [2.75, 3.05) is 6.54 Å². The van der Waals surface area contributed by atoms with Crippen LogP contribution in [0.25, 0.3) is 0 Å². The van der Waals surface area contributed by atoms with E-state index in [2.05, 4.69) is 13.8 Å². The number of rotatable bonds is 2. The Morgan fingerprint density at radius 1 is 1.47 bits per heavy atom. The summed E-state index contributed by atoms with van der Waals surface area (Å²) < 4.78 is 0. The van der Waals surface area contributed by atoms with Crippen LogP contribution in [0, 0.1) is 5.92 Å². The monoisotopic (exact) mass is 210 g/mol. The van der Waals surface area contributed by atoms with Gasteiger partial charge in [0.05, 0.1) is 0 Å². The lowest BCUT2D eigenvalue weighted by Crippen LogP contribution is -2.43. The Morgan fingerprint density at radius 3 is 2.53 bits per heavy atom. The minimum Gasteiger partial charge on any atom is -0.336 e. The van der Waals surface area contributed by atoms with Gasteiger partial charge in [0, 0.05) is 24.5 Å². The van der Waals surface area contributed by atoms with E-state index in [9.17, 15) is 4.79 Å². The molecule has 0 radical (unpaired) electrons. The van der Waals surface area contributed by atoms with Crippen molar-refractivity contribution >= 4 is 5.91 Å². The zero-order valence-corrected chi connectivity index (χ0v) is 9.83. The van der Waals surface area contributed by atoms with Gasteiger partial charge in [0.2, 0.25) is 5.91 Å². The zero-order valence-electron chi connectivity index (χ0n) is 9.83. The maximum absolute atomic E-state index is 12.1. The number of nitrogens with zero attached hydrogens (tertiary/aromatic N) is 1. The van der Waals surface area contributed by atoms with Gasteiger partial charge >= 0.3 is 0 Å². The molecular formula is C12H22N2O. The van der Waals surface area contributed by atoms with Gasteiger partial charge in [-0.1, -0.05) is 6.42 Å². The van der Waals surface area contributed by atoms with Crippen LogP contribution in [0.1, 0.15) is 46.0 Å². The molecule has 15 heavy (non-hydrogen) atoms. The van der Waals surface area contributed by atoms with E-state index in [0.29, 0.717) is 11.8 Å². The summed E-state index contributed by atoms with van der Waals surface area (Å²) in [5, 5.41) is 0. The van der Waals surface area contributed by atoms with E-state index in [1.807, 2.05) is 4.90 Å². The van der Waals surface area contributed by atoms with Crippen molar-refractivity contribution in [3.8, 4) is 0 Å². The molecule has 1 amide bonds. The first-order valence-electron chi connectivity index (χ1n) is 6.05. The molecule has 0 aromatic rings. The van der Waals surface area contributed by atoms with E-state index >= 15 is 0 Å². The van der Waals surface area contributed by atoms with Crippen LogP contribution < -0.4 is 5.73 Å². The Balaban J connectivity index is 1.93. The largest absolute Gasteiger partial charge is 0.336 e. The molecule has 2 aliphatic rings. The van der Waals surface area contributed by atoms with Gasteiger partial charge in [0.1, 0.15) is 0 Å². The van der Waals surface area contributed by atoms with Crippen molar-refractivity contribution in [1.82, 2.24) is 4.90 Å². The maximum Gasteiger partial charge on any atom is 0.223 e. The van der Waals surface area contributed by atoms with Crippen molar-refractivity contribution in [1.29, 1.82) is 0 Å². The highest BCUT2D eigenvalue weighted by Gasteiger charge is 2.40. The van der Waals surface area contributed by atoms with Gasteiger partial charge < -0.3 is 10.6 Å². The first-order chi connectivity index (χ1) is 6.99. The van der Waals surface area contributed by atoms with E-state index in [1.165, 1.54) is 19.3 Å². The molecule has 0 aromatic carbocycles. The summed E-state index contributed by atoms with van der Waals surface area (Å²) in [4.78, 5) is 14.1. The summed E-state index contributed by atoms with van der Waals surface area (Å²) in [6.07, 6.45) is 5.47. The van der Waals surface area contributed by atoms with Gasteiger partial charge in [-0.15, -0.1) is 0 Å². The summed E-state index contributed by atoms with van der Waals surface area (Å²) in [5.74, 6) is 0.975. The smallest absolute Gasteiger partial charge is 0.223 e.